The van der Waals surface area contributed by atoms with Gasteiger partial charge in [0.15, 0.2) is 0 Å². The van der Waals surface area contributed by atoms with Crippen LogP contribution in [0.1, 0.15) is 31.9 Å². The van der Waals surface area contributed by atoms with Gasteiger partial charge in [-0.1, -0.05) is 12.1 Å². The Balaban J connectivity index is 2.50. The van der Waals surface area contributed by atoms with Crippen molar-refractivity contribution in [2.24, 2.45) is 0 Å². The van der Waals surface area contributed by atoms with Gasteiger partial charge >= 0.3 is 0 Å². The normalized spacial score (nSPS) is 11.4. The molecule has 0 aromatic heterocycles. The van der Waals surface area contributed by atoms with Gasteiger partial charge in [-0.25, -0.2) is 0 Å². The molecule has 0 saturated carbocycles. The molecule has 0 bridgehead atoms. The van der Waals surface area contributed by atoms with E-state index in [0.29, 0.717) is 6.04 Å². The van der Waals surface area contributed by atoms with Crippen LogP contribution in [0, 0.1) is 11.8 Å². The Morgan fingerprint density at radius 3 is 2.94 bits per heavy atom. The largest absolute Gasteiger partial charge is 0.497 e. The maximum Gasteiger partial charge on any atom is 0.119 e. The lowest BCUT2D eigenvalue weighted by molar-refractivity contribution is 0.413. The van der Waals surface area contributed by atoms with Crippen molar-refractivity contribution < 1.29 is 4.74 Å². The lowest BCUT2D eigenvalue weighted by Crippen LogP contribution is -2.19. The molecule has 0 heterocycles. The summed E-state index contributed by atoms with van der Waals surface area (Å²) in [6, 6.07) is 8.46. The molecule has 0 radical (unpaired) electrons. The molecule has 0 unspecified atom stereocenters. The summed E-state index contributed by atoms with van der Waals surface area (Å²) in [4.78, 5) is 0. The van der Waals surface area contributed by atoms with Gasteiger partial charge < -0.3 is 10.1 Å². The third kappa shape index (κ3) is 3.96. The third-order valence-corrected chi connectivity index (χ3v) is 2.47. The molecule has 2 nitrogen and oxygen atoms in total. The van der Waals surface area contributed by atoms with E-state index in [2.05, 4.69) is 36.2 Å². The summed E-state index contributed by atoms with van der Waals surface area (Å²) in [6.45, 7) is 4.93. The van der Waals surface area contributed by atoms with E-state index in [0.717, 1.165) is 18.7 Å². The number of hydrogen-bond donors (Lipinski definition) is 1. The zero-order valence-corrected chi connectivity index (χ0v) is 10.2. The molecule has 0 aliphatic rings. The van der Waals surface area contributed by atoms with Gasteiger partial charge in [-0.15, -0.1) is 11.8 Å². The molecule has 0 aliphatic carbocycles. The maximum atomic E-state index is 5.20. The van der Waals surface area contributed by atoms with Crippen LogP contribution in [0.4, 0.5) is 0 Å². The molecule has 1 aromatic rings. The highest BCUT2D eigenvalue weighted by Gasteiger charge is 2.04. The van der Waals surface area contributed by atoms with Crippen molar-refractivity contribution in [3.05, 3.63) is 29.8 Å². The number of hydrogen-bond acceptors (Lipinski definition) is 2. The molecule has 2 heteroatoms. The minimum absolute atomic E-state index is 0.328. The quantitative estimate of drug-likeness (QED) is 0.605. The minimum Gasteiger partial charge on any atom is -0.497 e. The summed E-state index contributed by atoms with van der Waals surface area (Å²) < 4.78 is 5.20. The zero-order valence-electron chi connectivity index (χ0n) is 10.2. The second-order valence-corrected chi connectivity index (χ2v) is 3.63. The van der Waals surface area contributed by atoms with E-state index in [-0.39, 0.29) is 0 Å². The third-order valence-electron chi connectivity index (χ3n) is 2.47. The van der Waals surface area contributed by atoms with Crippen molar-refractivity contribution in [1.29, 1.82) is 0 Å². The molecule has 0 saturated heterocycles. The first kappa shape index (κ1) is 12.6. The van der Waals surface area contributed by atoms with E-state index in [1.165, 1.54) is 5.56 Å². The molecule has 1 atom stereocenters. The SMILES string of the molecule is CC#CCCN[C@@H](C)c1cccc(OC)c1. The molecule has 0 amide bonds. The van der Waals surface area contributed by atoms with Gasteiger partial charge in [-0.05, 0) is 31.5 Å². The number of ether oxygens (including phenoxy) is 1. The van der Waals surface area contributed by atoms with Crippen molar-refractivity contribution >= 4 is 0 Å². The number of rotatable bonds is 5. The second-order valence-electron chi connectivity index (χ2n) is 3.63. The van der Waals surface area contributed by atoms with Crippen LogP contribution in [-0.2, 0) is 0 Å². The highest BCUT2D eigenvalue weighted by atomic mass is 16.5. The van der Waals surface area contributed by atoms with Crippen LogP contribution in [0.15, 0.2) is 24.3 Å². The maximum absolute atomic E-state index is 5.20. The summed E-state index contributed by atoms with van der Waals surface area (Å²) in [7, 11) is 1.69. The fraction of sp³-hybridized carbons (Fsp3) is 0.429. The van der Waals surface area contributed by atoms with Crippen molar-refractivity contribution in [1.82, 2.24) is 5.32 Å². The topological polar surface area (TPSA) is 21.3 Å². The Kier molecular flexibility index (Phi) is 5.45. The number of nitrogens with one attached hydrogen (secondary N) is 1. The Labute approximate surface area is 98.0 Å². The van der Waals surface area contributed by atoms with Crippen LogP contribution < -0.4 is 10.1 Å². The summed E-state index contributed by atoms with van der Waals surface area (Å²) >= 11 is 0. The van der Waals surface area contributed by atoms with Crippen LogP contribution in [0.2, 0.25) is 0 Å². The first-order valence-electron chi connectivity index (χ1n) is 5.55. The first-order chi connectivity index (χ1) is 7.77. The number of methoxy groups -OCH3 is 1. The Hall–Kier alpha value is -1.46. The minimum atomic E-state index is 0.328. The van der Waals surface area contributed by atoms with E-state index >= 15 is 0 Å². The van der Waals surface area contributed by atoms with E-state index in [9.17, 15) is 0 Å². The average molecular weight is 217 g/mol. The van der Waals surface area contributed by atoms with Gasteiger partial charge in [-0.2, -0.15) is 0 Å². The molecule has 0 aliphatic heterocycles. The van der Waals surface area contributed by atoms with E-state index < -0.39 is 0 Å². The zero-order chi connectivity index (χ0) is 11.8. The molecule has 16 heavy (non-hydrogen) atoms. The van der Waals surface area contributed by atoms with Gasteiger partial charge in [0, 0.05) is 19.0 Å². The van der Waals surface area contributed by atoms with Gasteiger partial charge in [-0.3, -0.25) is 0 Å². The highest BCUT2D eigenvalue weighted by Crippen LogP contribution is 2.18. The second kappa shape index (κ2) is 6.92. The molecule has 1 aromatic carbocycles. The highest BCUT2D eigenvalue weighted by molar-refractivity contribution is 5.30. The van der Waals surface area contributed by atoms with Crippen LogP contribution in [-0.4, -0.2) is 13.7 Å². The van der Waals surface area contributed by atoms with E-state index in [1.807, 2.05) is 19.1 Å². The molecule has 0 spiro atoms. The fourth-order valence-electron chi connectivity index (χ4n) is 1.50. The van der Waals surface area contributed by atoms with E-state index in [1.54, 1.807) is 7.11 Å². The van der Waals surface area contributed by atoms with Crippen molar-refractivity contribution in [3.8, 4) is 17.6 Å². The molecule has 86 valence electrons. The molecule has 1 N–H and O–H groups in total. The lowest BCUT2D eigenvalue weighted by Gasteiger charge is -2.14. The van der Waals surface area contributed by atoms with Gasteiger partial charge in [0.25, 0.3) is 0 Å². The Morgan fingerprint density at radius 1 is 1.44 bits per heavy atom. The summed E-state index contributed by atoms with van der Waals surface area (Å²) in [5.41, 5.74) is 1.24. The average Bonchev–Trinajstić information content (AvgIpc) is 2.34. The Morgan fingerprint density at radius 2 is 2.25 bits per heavy atom. The van der Waals surface area contributed by atoms with Gasteiger partial charge in [0.2, 0.25) is 0 Å². The molecular formula is C14H19NO. The molecule has 0 fully saturated rings. The predicted octanol–water partition coefficient (Wildman–Crippen LogP) is 2.76. The predicted molar refractivity (Wildman–Crippen MR) is 67.5 cm³/mol. The summed E-state index contributed by atoms with van der Waals surface area (Å²) in [6.07, 6.45) is 0.894. The Bertz CT molecular complexity index is 376. The lowest BCUT2D eigenvalue weighted by atomic mass is 10.1. The first-order valence-corrected chi connectivity index (χ1v) is 5.55. The smallest absolute Gasteiger partial charge is 0.119 e. The van der Waals surface area contributed by atoms with Gasteiger partial charge in [0.1, 0.15) is 5.75 Å². The van der Waals surface area contributed by atoms with Crippen LogP contribution in [0.25, 0.3) is 0 Å². The van der Waals surface area contributed by atoms with Crippen molar-refractivity contribution in [2.75, 3.05) is 13.7 Å². The van der Waals surface area contributed by atoms with Crippen LogP contribution in [0.5, 0.6) is 5.75 Å². The summed E-state index contributed by atoms with van der Waals surface area (Å²) in [5.74, 6) is 6.83. The summed E-state index contributed by atoms with van der Waals surface area (Å²) in [5, 5.41) is 3.43. The molecular weight excluding hydrogens is 198 g/mol. The van der Waals surface area contributed by atoms with Crippen molar-refractivity contribution in [2.45, 2.75) is 26.3 Å². The van der Waals surface area contributed by atoms with Crippen LogP contribution in [0.3, 0.4) is 0 Å². The standard InChI is InChI=1S/C14H19NO/c1-4-5-6-10-15-12(2)13-8-7-9-14(11-13)16-3/h7-9,11-12,15H,6,10H2,1-3H3/t12-/m0/s1. The van der Waals surface area contributed by atoms with E-state index in [4.69, 9.17) is 4.74 Å². The fourth-order valence-corrected chi connectivity index (χ4v) is 1.50. The van der Waals surface area contributed by atoms with Gasteiger partial charge in [0.05, 0.1) is 7.11 Å². The van der Waals surface area contributed by atoms with Crippen LogP contribution >= 0.6 is 0 Å². The number of benzene rings is 1. The monoisotopic (exact) mass is 217 g/mol. The van der Waals surface area contributed by atoms with Crippen molar-refractivity contribution in [3.63, 3.8) is 0 Å². The molecule has 1 rings (SSSR count).